The molecule has 0 unspecified atom stereocenters. The molecule has 0 bridgehead atoms. The second kappa shape index (κ2) is 5.37. The molecule has 1 saturated carbocycles. The molecule has 2 atom stereocenters. The van der Waals surface area contributed by atoms with Crippen LogP contribution >= 0.6 is 0 Å². The Morgan fingerprint density at radius 1 is 1.28 bits per heavy atom. The number of Topliss-reactive ketones (excluding diaryl/α,β-unsaturated/α-hetero) is 1. The summed E-state index contributed by atoms with van der Waals surface area (Å²) in [6.07, 6.45) is -0.386. The van der Waals surface area contributed by atoms with Crippen molar-refractivity contribution in [1.29, 1.82) is 0 Å². The van der Waals surface area contributed by atoms with E-state index in [0.717, 1.165) is 0 Å². The lowest BCUT2D eigenvalue weighted by Crippen LogP contribution is -2.43. The first-order valence-electron chi connectivity index (χ1n) is 5.82. The van der Waals surface area contributed by atoms with Gasteiger partial charge in [-0.1, -0.05) is 0 Å². The van der Waals surface area contributed by atoms with Crippen LogP contribution in [0.1, 0.15) is 33.6 Å². The average molecular weight is 257 g/mol. The zero-order valence-electron chi connectivity index (χ0n) is 11.1. The molecule has 1 amide bonds. The lowest BCUT2D eigenvalue weighted by Gasteiger charge is -2.23. The molecule has 1 N–H and O–H groups in total. The zero-order chi connectivity index (χ0) is 13.9. The van der Waals surface area contributed by atoms with Crippen molar-refractivity contribution in [1.82, 2.24) is 5.32 Å². The van der Waals surface area contributed by atoms with Crippen LogP contribution in [0.25, 0.3) is 0 Å². The fraction of sp³-hybridized carbons (Fsp3) is 0.750. The summed E-state index contributed by atoms with van der Waals surface area (Å²) in [4.78, 5) is 34.4. The topological polar surface area (TPSA) is 81.7 Å². The molecule has 0 saturated heterocycles. The van der Waals surface area contributed by atoms with Crippen LogP contribution in [0.3, 0.4) is 0 Å². The molecule has 0 aromatic heterocycles. The first-order valence-corrected chi connectivity index (χ1v) is 5.82. The summed E-state index contributed by atoms with van der Waals surface area (Å²) in [6, 6.07) is -0.542. The van der Waals surface area contributed by atoms with E-state index in [4.69, 9.17) is 4.74 Å². The number of carbonyl (C=O) groups is 3. The Kier molecular flexibility index (Phi) is 4.32. The Labute approximate surface area is 106 Å². The normalized spacial score (nSPS) is 23.7. The van der Waals surface area contributed by atoms with E-state index in [0.29, 0.717) is 0 Å². The van der Waals surface area contributed by atoms with E-state index in [1.165, 1.54) is 7.11 Å². The Hall–Kier alpha value is -1.59. The van der Waals surface area contributed by atoms with Gasteiger partial charge in [0.15, 0.2) is 0 Å². The standard InChI is InChI=1S/C12H19NO5/c1-12(2,3)18-11(16)13-9-6-7(14)5-8(9)10(15)17-4/h8-9H,5-6H2,1-4H3,(H,13,16)/t8-,9-/m0/s1. The van der Waals surface area contributed by atoms with Gasteiger partial charge in [-0.15, -0.1) is 0 Å². The summed E-state index contributed by atoms with van der Waals surface area (Å²) in [7, 11) is 1.26. The van der Waals surface area contributed by atoms with Crippen molar-refractivity contribution < 1.29 is 23.9 Å². The van der Waals surface area contributed by atoms with E-state index in [-0.39, 0.29) is 18.6 Å². The highest BCUT2D eigenvalue weighted by Crippen LogP contribution is 2.24. The Balaban J connectivity index is 2.62. The lowest BCUT2D eigenvalue weighted by molar-refractivity contribution is -0.146. The SMILES string of the molecule is COC(=O)[C@H]1CC(=O)C[C@@H]1NC(=O)OC(C)(C)C. The van der Waals surface area contributed by atoms with E-state index in [2.05, 4.69) is 10.1 Å². The van der Waals surface area contributed by atoms with Gasteiger partial charge in [-0.2, -0.15) is 0 Å². The molecular weight excluding hydrogens is 238 g/mol. The summed E-state index contributed by atoms with van der Waals surface area (Å²) in [5.74, 6) is -1.16. The molecule has 0 aliphatic heterocycles. The van der Waals surface area contributed by atoms with E-state index < -0.39 is 29.6 Å². The molecular formula is C12H19NO5. The molecule has 1 rings (SSSR count). The molecule has 18 heavy (non-hydrogen) atoms. The number of methoxy groups -OCH3 is 1. The fourth-order valence-corrected chi connectivity index (χ4v) is 1.87. The van der Waals surface area contributed by atoms with Crippen LogP contribution in [0.15, 0.2) is 0 Å². The summed E-state index contributed by atoms with van der Waals surface area (Å²) in [5.41, 5.74) is -0.618. The number of nitrogens with one attached hydrogen (secondary N) is 1. The highest BCUT2D eigenvalue weighted by Gasteiger charge is 2.40. The smallest absolute Gasteiger partial charge is 0.407 e. The number of hydrogen-bond donors (Lipinski definition) is 1. The monoisotopic (exact) mass is 257 g/mol. The minimum Gasteiger partial charge on any atom is -0.469 e. The molecule has 0 radical (unpaired) electrons. The first-order chi connectivity index (χ1) is 8.23. The van der Waals surface area contributed by atoms with Crippen LogP contribution in [0.5, 0.6) is 0 Å². The maximum Gasteiger partial charge on any atom is 0.407 e. The molecule has 6 heteroatoms. The quantitative estimate of drug-likeness (QED) is 0.747. The molecule has 0 spiro atoms. The molecule has 0 aromatic rings. The van der Waals surface area contributed by atoms with E-state index in [9.17, 15) is 14.4 Å². The number of amides is 1. The van der Waals surface area contributed by atoms with Gasteiger partial charge in [0.05, 0.1) is 19.1 Å². The van der Waals surface area contributed by atoms with Gasteiger partial charge < -0.3 is 14.8 Å². The largest absolute Gasteiger partial charge is 0.469 e. The van der Waals surface area contributed by atoms with Gasteiger partial charge in [-0.25, -0.2) is 4.79 Å². The van der Waals surface area contributed by atoms with Gasteiger partial charge in [0, 0.05) is 12.8 Å². The zero-order valence-corrected chi connectivity index (χ0v) is 11.1. The highest BCUT2D eigenvalue weighted by molar-refractivity contribution is 5.90. The molecule has 6 nitrogen and oxygen atoms in total. The van der Waals surface area contributed by atoms with Crippen LogP contribution in [0, 0.1) is 5.92 Å². The van der Waals surface area contributed by atoms with Gasteiger partial charge in [-0.05, 0) is 20.8 Å². The Bertz CT molecular complexity index is 358. The second-order valence-electron chi connectivity index (χ2n) is 5.33. The number of ketones is 1. The van der Waals surface area contributed by atoms with Crippen molar-refractivity contribution in [3.05, 3.63) is 0 Å². The maximum atomic E-state index is 11.6. The van der Waals surface area contributed by atoms with Crippen LogP contribution in [0.4, 0.5) is 4.79 Å². The van der Waals surface area contributed by atoms with Crippen LogP contribution in [0.2, 0.25) is 0 Å². The summed E-state index contributed by atoms with van der Waals surface area (Å²) in [5, 5.41) is 2.55. The van der Waals surface area contributed by atoms with Crippen molar-refractivity contribution in [2.45, 2.75) is 45.3 Å². The van der Waals surface area contributed by atoms with Crippen LogP contribution < -0.4 is 5.32 Å². The average Bonchev–Trinajstić information content (AvgIpc) is 2.55. The third kappa shape index (κ3) is 4.01. The van der Waals surface area contributed by atoms with Crippen molar-refractivity contribution in [3.8, 4) is 0 Å². The van der Waals surface area contributed by atoms with Crippen molar-refractivity contribution in [3.63, 3.8) is 0 Å². The molecule has 1 aliphatic rings. The summed E-state index contributed by atoms with van der Waals surface area (Å²) >= 11 is 0. The maximum absolute atomic E-state index is 11.6. The Morgan fingerprint density at radius 3 is 2.39 bits per heavy atom. The molecule has 0 heterocycles. The third-order valence-electron chi connectivity index (χ3n) is 2.59. The van der Waals surface area contributed by atoms with Gasteiger partial charge in [0.2, 0.25) is 0 Å². The van der Waals surface area contributed by atoms with Gasteiger partial charge in [0.25, 0.3) is 0 Å². The first kappa shape index (κ1) is 14.5. The lowest BCUT2D eigenvalue weighted by atomic mass is 10.0. The van der Waals surface area contributed by atoms with Gasteiger partial charge >= 0.3 is 12.1 Å². The summed E-state index contributed by atoms with van der Waals surface area (Å²) < 4.78 is 9.70. The highest BCUT2D eigenvalue weighted by atomic mass is 16.6. The number of esters is 1. The van der Waals surface area contributed by atoms with E-state index in [1.54, 1.807) is 20.8 Å². The van der Waals surface area contributed by atoms with E-state index >= 15 is 0 Å². The third-order valence-corrected chi connectivity index (χ3v) is 2.59. The van der Waals surface area contributed by atoms with Crippen LogP contribution in [-0.2, 0) is 19.1 Å². The molecule has 1 fully saturated rings. The fourth-order valence-electron chi connectivity index (χ4n) is 1.87. The summed E-state index contributed by atoms with van der Waals surface area (Å²) in [6.45, 7) is 5.22. The molecule has 102 valence electrons. The minimum absolute atomic E-state index is 0.0635. The number of carbonyl (C=O) groups excluding carboxylic acids is 3. The number of alkyl carbamates (subject to hydrolysis) is 1. The van der Waals surface area contributed by atoms with E-state index in [1.807, 2.05) is 0 Å². The predicted octanol–water partition coefficient (Wildman–Crippen LogP) is 1.03. The van der Waals surface area contributed by atoms with Gasteiger partial charge in [0.1, 0.15) is 11.4 Å². The number of rotatable bonds is 2. The Morgan fingerprint density at radius 2 is 1.89 bits per heavy atom. The van der Waals surface area contributed by atoms with Crippen molar-refractivity contribution in [2.24, 2.45) is 5.92 Å². The number of ether oxygens (including phenoxy) is 2. The van der Waals surface area contributed by atoms with Gasteiger partial charge in [-0.3, -0.25) is 9.59 Å². The van der Waals surface area contributed by atoms with Crippen LogP contribution in [-0.4, -0.2) is 36.6 Å². The number of hydrogen-bond acceptors (Lipinski definition) is 5. The second-order valence-corrected chi connectivity index (χ2v) is 5.33. The minimum atomic E-state index is -0.629. The predicted molar refractivity (Wildman–Crippen MR) is 62.9 cm³/mol. The van der Waals surface area contributed by atoms with Crippen molar-refractivity contribution >= 4 is 17.8 Å². The molecule has 1 aliphatic carbocycles. The van der Waals surface area contributed by atoms with Crippen molar-refractivity contribution in [2.75, 3.05) is 7.11 Å². The molecule has 0 aromatic carbocycles.